The molecular formula is C17H15N3O2S. The first-order chi connectivity index (χ1) is 11.1. The molecule has 0 radical (unpaired) electrons. The minimum Gasteiger partial charge on any atom is -0.355 e. The molecule has 0 saturated heterocycles. The number of nitrogens with one attached hydrogen (secondary N) is 2. The topological polar surface area (TPSA) is 71.1 Å². The molecule has 0 atom stereocenters. The van der Waals surface area contributed by atoms with Gasteiger partial charge in [0.2, 0.25) is 0 Å². The molecule has 23 heavy (non-hydrogen) atoms. The fourth-order valence-electron chi connectivity index (χ4n) is 2.14. The second-order valence-electron chi connectivity index (χ2n) is 5.10. The highest BCUT2D eigenvalue weighted by atomic mass is 32.1. The van der Waals surface area contributed by atoms with E-state index in [4.69, 9.17) is 0 Å². The van der Waals surface area contributed by atoms with Gasteiger partial charge in [-0.1, -0.05) is 29.0 Å². The van der Waals surface area contributed by atoms with E-state index >= 15 is 0 Å². The first-order valence-electron chi connectivity index (χ1n) is 7.07. The summed E-state index contributed by atoms with van der Waals surface area (Å²) in [6.45, 7) is 1.97. The van der Waals surface area contributed by atoms with E-state index in [2.05, 4.69) is 15.6 Å². The standard InChI is InChI=1S/C17H15N3O2S/c1-10-3-5-11(6-4-10)16(22)20-17-19-13-8-7-12(15(21)18-2)9-14(13)23-17/h3-9H,1-2H3,(H,18,21)(H,19,20,22). The number of fused-ring (bicyclic) bond motifs is 1. The number of carbonyl (C=O) groups excluding carboxylic acids is 2. The summed E-state index contributed by atoms with van der Waals surface area (Å²) in [4.78, 5) is 28.2. The lowest BCUT2D eigenvalue weighted by atomic mass is 10.1. The first-order valence-corrected chi connectivity index (χ1v) is 7.89. The highest BCUT2D eigenvalue weighted by Crippen LogP contribution is 2.27. The molecule has 5 nitrogen and oxygen atoms in total. The summed E-state index contributed by atoms with van der Waals surface area (Å²) in [6, 6.07) is 12.6. The van der Waals surface area contributed by atoms with Gasteiger partial charge in [-0.2, -0.15) is 0 Å². The van der Waals surface area contributed by atoms with Crippen molar-refractivity contribution in [2.45, 2.75) is 6.92 Å². The molecule has 2 N–H and O–H groups in total. The smallest absolute Gasteiger partial charge is 0.257 e. The third-order valence-electron chi connectivity index (χ3n) is 3.41. The highest BCUT2D eigenvalue weighted by molar-refractivity contribution is 7.22. The number of nitrogens with zero attached hydrogens (tertiary/aromatic N) is 1. The van der Waals surface area contributed by atoms with Gasteiger partial charge in [0.15, 0.2) is 5.13 Å². The SMILES string of the molecule is CNC(=O)c1ccc2nc(NC(=O)c3ccc(C)cc3)sc2c1. The summed E-state index contributed by atoms with van der Waals surface area (Å²) in [7, 11) is 1.59. The number of amides is 2. The molecule has 0 bridgehead atoms. The fraction of sp³-hybridized carbons (Fsp3) is 0.118. The van der Waals surface area contributed by atoms with Crippen molar-refractivity contribution in [2.75, 3.05) is 12.4 Å². The largest absolute Gasteiger partial charge is 0.355 e. The predicted octanol–water partition coefficient (Wildman–Crippen LogP) is 3.22. The van der Waals surface area contributed by atoms with Crippen LogP contribution in [-0.4, -0.2) is 23.8 Å². The second-order valence-corrected chi connectivity index (χ2v) is 6.13. The first kappa shape index (κ1) is 15.2. The van der Waals surface area contributed by atoms with E-state index in [1.165, 1.54) is 11.3 Å². The molecule has 6 heteroatoms. The van der Waals surface area contributed by atoms with Crippen LogP contribution in [0.2, 0.25) is 0 Å². The minimum atomic E-state index is -0.199. The van der Waals surface area contributed by atoms with Crippen molar-refractivity contribution in [2.24, 2.45) is 0 Å². The van der Waals surface area contributed by atoms with Crippen molar-refractivity contribution < 1.29 is 9.59 Å². The van der Waals surface area contributed by atoms with Gasteiger partial charge in [0.1, 0.15) is 0 Å². The Morgan fingerprint density at radius 3 is 2.39 bits per heavy atom. The molecule has 2 aromatic carbocycles. The van der Waals surface area contributed by atoms with Gasteiger partial charge in [0.25, 0.3) is 11.8 Å². The monoisotopic (exact) mass is 325 g/mol. The van der Waals surface area contributed by atoms with Crippen molar-refractivity contribution in [3.8, 4) is 0 Å². The number of benzene rings is 2. The van der Waals surface area contributed by atoms with Gasteiger partial charge in [-0.25, -0.2) is 4.98 Å². The van der Waals surface area contributed by atoms with Gasteiger partial charge in [0.05, 0.1) is 10.2 Å². The van der Waals surface area contributed by atoms with Crippen molar-refractivity contribution >= 4 is 38.5 Å². The number of thiazole rings is 1. The summed E-state index contributed by atoms with van der Waals surface area (Å²) in [6.07, 6.45) is 0. The maximum Gasteiger partial charge on any atom is 0.257 e. The number of rotatable bonds is 3. The van der Waals surface area contributed by atoms with Crippen molar-refractivity contribution in [1.82, 2.24) is 10.3 Å². The number of carbonyl (C=O) groups is 2. The zero-order valence-corrected chi connectivity index (χ0v) is 13.5. The van der Waals surface area contributed by atoms with Crippen molar-refractivity contribution in [1.29, 1.82) is 0 Å². The molecule has 116 valence electrons. The Morgan fingerprint density at radius 2 is 1.70 bits per heavy atom. The van der Waals surface area contributed by atoms with Gasteiger partial charge < -0.3 is 5.32 Å². The van der Waals surface area contributed by atoms with Crippen LogP contribution in [0.3, 0.4) is 0 Å². The summed E-state index contributed by atoms with van der Waals surface area (Å²) in [5.74, 6) is -0.346. The van der Waals surface area contributed by atoms with Gasteiger partial charge >= 0.3 is 0 Å². The molecule has 0 spiro atoms. The summed E-state index contributed by atoms with van der Waals surface area (Å²) >= 11 is 1.34. The Balaban J connectivity index is 1.84. The molecular weight excluding hydrogens is 310 g/mol. The number of aryl methyl sites for hydroxylation is 1. The molecule has 3 aromatic rings. The number of hydrogen-bond acceptors (Lipinski definition) is 4. The normalized spacial score (nSPS) is 10.5. The molecule has 1 heterocycles. The average molecular weight is 325 g/mol. The molecule has 3 rings (SSSR count). The second kappa shape index (κ2) is 6.18. The van der Waals surface area contributed by atoms with Crippen molar-refractivity contribution in [3.63, 3.8) is 0 Å². The molecule has 0 aliphatic heterocycles. The Kier molecular flexibility index (Phi) is 4.08. The fourth-order valence-corrected chi connectivity index (χ4v) is 3.04. The van der Waals surface area contributed by atoms with Gasteiger partial charge in [-0.15, -0.1) is 0 Å². The Labute approximate surface area is 137 Å². The molecule has 1 aromatic heterocycles. The summed E-state index contributed by atoms with van der Waals surface area (Å²) in [5, 5.41) is 5.90. The zero-order chi connectivity index (χ0) is 16.4. The minimum absolute atomic E-state index is 0.148. The molecule has 0 aliphatic rings. The number of hydrogen-bond donors (Lipinski definition) is 2. The van der Waals surface area contributed by atoms with Crippen LogP contribution >= 0.6 is 11.3 Å². The van der Waals surface area contributed by atoms with Crippen LogP contribution in [0.1, 0.15) is 26.3 Å². The predicted molar refractivity (Wildman–Crippen MR) is 92.1 cm³/mol. The lowest BCUT2D eigenvalue weighted by Crippen LogP contribution is -2.17. The van der Waals surface area contributed by atoms with E-state index < -0.39 is 0 Å². The maximum absolute atomic E-state index is 12.2. The highest BCUT2D eigenvalue weighted by Gasteiger charge is 2.11. The van der Waals surface area contributed by atoms with E-state index in [-0.39, 0.29) is 11.8 Å². The lowest BCUT2D eigenvalue weighted by molar-refractivity contribution is 0.0962. The number of aromatic nitrogens is 1. The van der Waals surface area contributed by atoms with E-state index in [0.717, 1.165) is 15.8 Å². The van der Waals surface area contributed by atoms with Crippen LogP contribution in [0, 0.1) is 6.92 Å². The molecule has 0 fully saturated rings. The van der Waals surface area contributed by atoms with Gasteiger partial charge in [-0.05, 0) is 37.3 Å². The maximum atomic E-state index is 12.2. The lowest BCUT2D eigenvalue weighted by Gasteiger charge is -2.01. The molecule has 0 saturated carbocycles. The molecule has 2 amide bonds. The Morgan fingerprint density at radius 1 is 1.00 bits per heavy atom. The molecule has 0 aliphatic carbocycles. The van der Waals surface area contributed by atoms with Crippen LogP contribution in [0.15, 0.2) is 42.5 Å². The zero-order valence-electron chi connectivity index (χ0n) is 12.7. The Hall–Kier alpha value is -2.73. The summed E-state index contributed by atoms with van der Waals surface area (Å²) < 4.78 is 0.852. The van der Waals surface area contributed by atoms with Crippen LogP contribution in [-0.2, 0) is 0 Å². The van der Waals surface area contributed by atoms with E-state index in [0.29, 0.717) is 16.3 Å². The number of anilines is 1. The summed E-state index contributed by atoms with van der Waals surface area (Å²) in [5.41, 5.74) is 3.01. The van der Waals surface area contributed by atoms with Crippen LogP contribution in [0.5, 0.6) is 0 Å². The van der Waals surface area contributed by atoms with Gasteiger partial charge in [-0.3, -0.25) is 14.9 Å². The van der Waals surface area contributed by atoms with Crippen LogP contribution in [0.4, 0.5) is 5.13 Å². The van der Waals surface area contributed by atoms with Crippen LogP contribution < -0.4 is 10.6 Å². The average Bonchev–Trinajstić information content (AvgIpc) is 2.95. The third-order valence-corrected chi connectivity index (χ3v) is 4.35. The third kappa shape index (κ3) is 3.22. The van der Waals surface area contributed by atoms with E-state index in [9.17, 15) is 9.59 Å². The Bertz CT molecular complexity index is 884. The van der Waals surface area contributed by atoms with E-state index in [1.807, 2.05) is 19.1 Å². The van der Waals surface area contributed by atoms with Crippen LogP contribution in [0.25, 0.3) is 10.2 Å². The van der Waals surface area contributed by atoms with Gasteiger partial charge in [0, 0.05) is 18.2 Å². The van der Waals surface area contributed by atoms with E-state index in [1.54, 1.807) is 37.4 Å². The molecule has 0 unspecified atom stereocenters. The van der Waals surface area contributed by atoms with Crippen molar-refractivity contribution in [3.05, 3.63) is 59.2 Å². The quantitative estimate of drug-likeness (QED) is 0.777.